The lowest BCUT2D eigenvalue weighted by molar-refractivity contribution is -0.123. The summed E-state index contributed by atoms with van der Waals surface area (Å²) in [4.78, 5) is 16.3. The zero-order valence-corrected chi connectivity index (χ0v) is 10.8. The average molecular weight is 255 g/mol. The highest BCUT2D eigenvalue weighted by molar-refractivity contribution is 5.83. The summed E-state index contributed by atoms with van der Waals surface area (Å²) in [6, 6.07) is 14.1. The lowest BCUT2D eigenvalue weighted by Crippen LogP contribution is -2.35. The number of carbonyl (C=O) groups excluding carboxylic acids is 1. The molecule has 0 bridgehead atoms. The van der Waals surface area contributed by atoms with Crippen molar-refractivity contribution in [1.29, 1.82) is 0 Å². The number of pyridine rings is 1. The van der Waals surface area contributed by atoms with Crippen LogP contribution in [0.15, 0.2) is 54.7 Å². The van der Waals surface area contributed by atoms with E-state index in [4.69, 9.17) is 5.73 Å². The summed E-state index contributed by atoms with van der Waals surface area (Å²) in [5.41, 5.74) is 7.55. The van der Waals surface area contributed by atoms with Crippen molar-refractivity contribution in [2.24, 2.45) is 5.73 Å². The van der Waals surface area contributed by atoms with Gasteiger partial charge in [0.1, 0.15) is 6.04 Å². The molecule has 0 aliphatic rings. The molecule has 0 saturated heterocycles. The fraction of sp³-hybridized carbons (Fsp3) is 0.200. The molecule has 0 aliphatic heterocycles. The normalized spacial score (nSPS) is 13.6. The molecule has 0 aliphatic carbocycles. The van der Waals surface area contributed by atoms with Crippen LogP contribution in [0.25, 0.3) is 0 Å². The van der Waals surface area contributed by atoms with E-state index in [0.717, 1.165) is 11.3 Å². The first-order valence-electron chi connectivity index (χ1n) is 6.20. The van der Waals surface area contributed by atoms with Gasteiger partial charge in [0.05, 0.1) is 11.7 Å². The van der Waals surface area contributed by atoms with Crippen LogP contribution in [-0.2, 0) is 4.79 Å². The van der Waals surface area contributed by atoms with E-state index >= 15 is 0 Å². The molecule has 0 spiro atoms. The Morgan fingerprint density at radius 3 is 2.47 bits per heavy atom. The second-order valence-electron chi connectivity index (χ2n) is 4.37. The molecule has 19 heavy (non-hydrogen) atoms. The second kappa shape index (κ2) is 6.11. The Labute approximate surface area is 112 Å². The molecule has 98 valence electrons. The summed E-state index contributed by atoms with van der Waals surface area (Å²) >= 11 is 0. The highest BCUT2D eigenvalue weighted by atomic mass is 16.2. The van der Waals surface area contributed by atoms with E-state index in [-0.39, 0.29) is 11.9 Å². The molecule has 1 heterocycles. The zero-order chi connectivity index (χ0) is 13.7. The monoisotopic (exact) mass is 255 g/mol. The standard InChI is InChI=1S/C15H17N3O/c1-11(13-9-5-6-10-17-13)18-15(19)14(16)12-7-3-2-4-8-12/h2-11,14H,16H2,1H3,(H,18,19)/t11-,14+/m1/s1. The minimum Gasteiger partial charge on any atom is -0.346 e. The van der Waals surface area contributed by atoms with Crippen molar-refractivity contribution in [3.8, 4) is 0 Å². The molecular weight excluding hydrogens is 238 g/mol. The van der Waals surface area contributed by atoms with E-state index in [9.17, 15) is 4.79 Å². The van der Waals surface area contributed by atoms with Crippen LogP contribution in [0.2, 0.25) is 0 Å². The van der Waals surface area contributed by atoms with Crippen LogP contribution in [-0.4, -0.2) is 10.9 Å². The van der Waals surface area contributed by atoms with Crippen molar-refractivity contribution in [3.05, 3.63) is 66.0 Å². The number of benzene rings is 1. The second-order valence-corrected chi connectivity index (χ2v) is 4.37. The Bertz CT molecular complexity index is 528. The number of rotatable bonds is 4. The maximum Gasteiger partial charge on any atom is 0.242 e. The molecule has 0 saturated carbocycles. The number of amides is 1. The van der Waals surface area contributed by atoms with E-state index in [0.29, 0.717) is 0 Å². The van der Waals surface area contributed by atoms with Crippen molar-refractivity contribution < 1.29 is 4.79 Å². The number of nitrogens with one attached hydrogen (secondary N) is 1. The molecule has 2 aromatic rings. The summed E-state index contributed by atoms with van der Waals surface area (Å²) in [7, 11) is 0. The summed E-state index contributed by atoms with van der Waals surface area (Å²) in [5.74, 6) is -0.204. The van der Waals surface area contributed by atoms with Crippen LogP contribution in [0.5, 0.6) is 0 Å². The Balaban J connectivity index is 2.02. The number of nitrogens with two attached hydrogens (primary N) is 1. The first-order chi connectivity index (χ1) is 9.18. The minimum absolute atomic E-state index is 0.163. The smallest absolute Gasteiger partial charge is 0.242 e. The number of carbonyl (C=O) groups is 1. The zero-order valence-electron chi connectivity index (χ0n) is 10.8. The van der Waals surface area contributed by atoms with Crippen LogP contribution >= 0.6 is 0 Å². The van der Waals surface area contributed by atoms with Gasteiger partial charge in [-0.1, -0.05) is 36.4 Å². The van der Waals surface area contributed by atoms with E-state index < -0.39 is 6.04 Å². The van der Waals surface area contributed by atoms with Gasteiger partial charge in [-0.15, -0.1) is 0 Å². The van der Waals surface area contributed by atoms with Gasteiger partial charge in [0.15, 0.2) is 0 Å². The number of hydrogen-bond donors (Lipinski definition) is 2. The van der Waals surface area contributed by atoms with Crippen LogP contribution in [0, 0.1) is 0 Å². The SMILES string of the molecule is C[C@@H](NC(=O)[C@@H](N)c1ccccc1)c1ccccn1. The largest absolute Gasteiger partial charge is 0.346 e. The Hall–Kier alpha value is -2.20. The molecule has 1 aromatic heterocycles. The number of nitrogens with zero attached hydrogens (tertiary/aromatic N) is 1. The van der Waals surface area contributed by atoms with Gasteiger partial charge in [-0.2, -0.15) is 0 Å². The molecular formula is C15H17N3O. The van der Waals surface area contributed by atoms with Gasteiger partial charge >= 0.3 is 0 Å². The van der Waals surface area contributed by atoms with Crippen LogP contribution in [0.1, 0.15) is 30.3 Å². The van der Waals surface area contributed by atoms with Gasteiger partial charge in [0, 0.05) is 6.20 Å². The third-order valence-electron chi connectivity index (χ3n) is 2.93. The van der Waals surface area contributed by atoms with Crippen molar-refractivity contribution in [2.45, 2.75) is 19.0 Å². The predicted octanol–water partition coefficient (Wildman–Crippen LogP) is 1.96. The highest BCUT2D eigenvalue weighted by Gasteiger charge is 2.18. The van der Waals surface area contributed by atoms with Gasteiger partial charge in [-0.05, 0) is 24.6 Å². The van der Waals surface area contributed by atoms with Gasteiger partial charge in [0.25, 0.3) is 0 Å². The quantitative estimate of drug-likeness (QED) is 0.877. The third-order valence-corrected chi connectivity index (χ3v) is 2.93. The molecule has 2 rings (SSSR count). The summed E-state index contributed by atoms with van der Waals surface area (Å²) < 4.78 is 0. The average Bonchev–Trinajstić information content (AvgIpc) is 2.48. The summed E-state index contributed by atoms with van der Waals surface area (Å²) in [6.45, 7) is 1.89. The van der Waals surface area contributed by atoms with Crippen LogP contribution in [0.3, 0.4) is 0 Å². The lowest BCUT2D eigenvalue weighted by Gasteiger charge is -2.17. The first kappa shape index (κ1) is 13.2. The molecule has 0 fully saturated rings. The van der Waals surface area contributed by atoms with E-state index in [2.05, 4.69) is 10.3 Å². The Morgan fingerprint density at radius 2 is 1.84 bits per heavy atom. The summed E-state index contributed by atoms with van der Waals surface area (Å²) in [6.07, 6.45) is 1.70. The fourth-order valence-corrected chi connectivity index (χ4v) is 1.82. The van der Waals surface area contributed by atoms with E-state index in [1.54, 1.807) is 6.20 Å². The number of hydrogen-bond acceptors (Lipinski definition) is 3. The first-order valence-corrected chi connectivity index (χ1v) is 6.20. The van der Waals surface area contributed by atoms with Gasteiger partial charge in [0.2, 0.25) is 5.91 Å². The van der Waals surface area contributed by atoms with Crippen molar-refractivity contribution in [1.82, 2.24) is 10.3 Å². The molecule has 0 radical (unpaired) electrons. The molecule has 3 N–H and O–H groups in total. The molecule has 1 aromatic carbocycles. The fourth-order valence-electron chi connectivity index (χ4n) is 1.82. The molecule has 1 amide bonds. The topological polar surface area (TPSA) is 68.0 Å². The summed E-state index contributed by atoms with van der Waals surface area (Å²) in [5, 5.41) is 2.87. The van der Waals surface area contributed by atoms with Crippen LogP contribution in [0.4, 0.5) is 0 Å². The molecule has 0 unspecified atom stereocenters. The van der Waals surface area contributed by atoms with Crippen LogP contribution < -0.4 is 11.1 Å². The molecule has 4 nitrogen and oxygen atoms in total. The van der Waals surface area contributed by atoms with Gasteiger partial charge in [-0.3, -0.25) is 9.78 Å². The maximum atomic E-state index is 12.1. The third kappa shape index (κ3) is 3.39. The Kier molecular flexibility index (Phi) is 4.26. The van der Waals surface area contributed by atoms with Crippen molar-refractivity contribution in [2.75, 3.05) is 0 Å². The Morgan fingerprint density at radius 1 is 1.16 bits per heavy atom. The van der Waals surface area contributed by atoms with Gasteiger partial charge in [-0.25, -0.2) is 0 Å². The minimum atomic E-state index is -0.660. The van der Waals surface area contributed by atoms with Crippen molar-refractivity contribution >= 4 is 5.91 Å². The van der Waals surface area contributed by atoms with E-state index in [1.807, 2.05) is 55.5 Å². The van der Waals surface area contributed by atoms with Crippen molar-refractivity contribution in [3.63, 3.8) is 0 Å². The predicted molar refractivity (Wildman–Crippen MR) is 74.2 cm³/mol. The van der Waals surface area contributed by atoms with E-state index in [1.165, 1.54) is 0 Å². The number of aromatic nitrogens is 1. The molecule has 4 heteroatoms. The molecule has 2 atom stereocenters. The lowest BCUT2D eigenvalue weighted by atomic mass is 10.1. The highest BCUT2D eigenvalue weighted by Crippen LogP contribution is 2.13. The van der Waals surface area contributed by atoms with Gasteiger partial charge < -0.3 is 11.1 Å². The maximum absolute atomic E-state index is 12.1.